The number of benzene rings is 1. The van der Waals surface area contributed by atoms with Gasteiger partial charge in [-0.2, -0.15) is 5.10 Å². The third kappa shape index (κ3) is 4.12. The number of rotatable bonds is 6. The number of aromatic nitrogens is 1. The predicted molar refractivity (Wildman–Crippen MR) is 84.1 cm³/mol. The van der Waals surface area contributed by atoms with E-state index in [9.17, 15) is 9.90 Å². The van der Waals surface area contributed by atoms with Crippen molar-refractivity contribution in [3.8, 4) is 11.5 Å². The fourth-order valence-corrected chi connectivity index (χ4v) is 1.95. The van der Waals surface area contributed by atoms with Crippen LogP contribution in [-0.4, -0.2) is 28.4 Å². The number of hydrogen-bond acceptors (Lipinski definition) is 4. The number of nitrogens with one attached hydrogen (secondary N) is 1. The molecule has 0 spiro atoms. The molecule has 2 N–H and O–H groups in total. The number of nitrogens with zero attached hydrogens (tertiary/aromatic N) is 2. The van der Waals surface area contributed by atoms with Crippen LogP contribution in [0.4, 0.5) is 0 Å². The summed E-state index contributed by atoms with van der Waals surface area (Å²) in [6.45, 7) is 2.30. The van der Waals surface area contributed by atoms with Crippen LogP contribution < -0.4 is 10.2 Å². The van der Waals surface area contributed by atoms with E-state index in [-0.39, 0.29) is 18.1 Å². The molecule has 116 valence electrons. The smallest absolute Gasteiger partial charge is 0.245 e. The summed E-state index contributed by atoms with van der Waals surface area (Å²) in [5.41, 5.74) is 4.11. The largest absolute Gasteiger partial charge is 0.504 e. The van der Waals surface area contributed by atoms with E-state index < -0.39 is 0 Å². The van der Waals surface area contributed by atoms with Crippen molar-refractivity contribution in [3.05, 3.63) is 47.8 Å². The van der Waals surface area contributed by atoms with Gasteiger partial charge in [-0.1, -0.05) is 0 Å². The highest BCUT2D eigenvalue weighted by atomic mass is 16.5. The minimum Gasteiger partial charge on any atom is -0.504 e. The number of carbonyl (C=O) groups excluding carboxylic acids is 1. The van der Waals surface area contributed by atoms with Crippen molar-refractivity contribution in [1.82, 2.24) is 9.99 Å². The number of phenolic OH excluding ortho intramolecular Hbond substituents is 1. The Hall–Kier alpha value is -2.76. The molecule has 0 aliphatic carbocycles. The summed E-state index contributed by atoms with van der Waals surface area (Å²) in [4.78, 5) is 11.8. The maximum Gasteiger partial charge on any atom is 0.245 e. The van der Waals surface area contributed by atoms with Gasteiger partial charge in [-0.05, 0) is 42.8 Å². The molecular formula is C16H19N3O3. The SMILES string of the molecule is CCOc1cc(/C=N\NC(=O)Cc2cccn2C)ccc1O. The zero-order valence-corrected chi connectivity index (χ0v) is 12.6. The van der Waals surface area contributed by atoms with Crippen molar-refractivity contribution >= 4 is 12.1 Å². The summed E-state index contributed by atoms with van der Waals surface area (Å²) >= 11 is 0. The van der Waals surface area contributed by atoms with Gasteiger partial charge in [0.05, 0.1) is 19.2 Å². The predicted octanol–water partition coefficient (Wildman–Crippen LogP) is 1.82. The number of hydrazone groups is 1. The molecule has 1 aromatic heterocycles. The van der Waals surface area contributed by atoms with E-state index in [0.717, 1.165) is 11.3 Å². The van der Waals surface area contributed by atoms with E-state index >= 15 is 0 Å². The highest BCUT2D eigenvalue weighted by Gasteiger charge is 2.05. The molecule has 0 saturated carbocycles. The second kappa shape index (κ2) is 7.31. The highest BCUT2D eigenvalue weighted by Crippen LogP contribution is 2.26. The van der Waals surface area contributed by atoms with E-state index in [1.807, 2.05) is 36.9 Å². The first kappa shape index (κ1) is 15.6. The van der Waals surface area contributed by atoms with Crippen LogP contribution >= 0.6 is 0 Å². The van der Waals surface area contributed by atoms with Crippen LogP contribution in [0, 0.1) is 0 Å². The number of aryl methyl sites for hydroxylation is 1. The Morgan fingerprint density at radius 3 is 2.95 bits per heavy atom. The molecule has 1 amide bonds. The van der Waals surface area contributed by atoms with Gasteiger partial charge in [-0.15, -0.1) is 0 Å². The summed E-state index contributed by atoms with van der Waals surface area (Å²) in [5.74, 6) is 0.273. The Labute approximate surface area is 129 Å². The number of amides is 1. The maximum atomic E-state index is 11.8. The molecule has 6 nitrogen and oxygen atoms in total. The molecule has 0 bridgehead atoms. The van der Waals surface area contributed by atoms with Gasteiger partial charge < -0.3 is 14.4 Å². The lowest BCUT2D eigenvalue weighted by atomic mass is 10.2. The van der Waals surface area contributed by atoms with Crippen molar-refractivity contribution in [1.29, 1.82) is 0 Å². The van der Waals surface area contributed by atoms with Crippen LogP contribution in [-0.2, 0) is 18.3 Å². The molecular weight excluding hydrogens is 282 g/mol. The molecule has 6 heteroatoms. The van der Waals surface area contributed by atoms with Crippen molar-refractivity contribution in [3.63, 3.8) is 0 Å². The lowest BCUT2D eigenvalue weighted by molar-refractivity contribution is -0.120. The van der Waals surface area contributed by atoms with Crippen molar-refractivity contribution in [2.45, 2.75) is 13.3 Å². The highest BCUT2D eigenvalue weighted by molar-refractivity contribution is 5.83. The van der Waals surface area contributed by atoms with Gasteiger partial charge in [0, 0.05) is 18.9 Å². The zero-order chi connectivity index (χ0) is 15.9. The quantitative estimate of drug-likeness (QED) is 0.631. The third-order valence-electron chi connectivity index (χ3n) is 3.08. The monoisotopic (exact) mass is 301 g/mol. The molecule has 0 radical (unpaired) electrons. The second-order valence-electron chi connectivity index (χ2n) is 4.74. The molecule has 1 aromatic carbocycles. The average Bonchev–Trinajstić information content (AvgIpc) is 2.88. The lowest BCUT2D eigenvalue weighted by Crippen LogP contribution is -2.20. The standard InChI is InChI=1S/C16H19N3O3/c1-3-22-15-9-12(6-7-14(15)20)11-17-18-16(21)10-13-5-4-8-19(13)2/h4-9,11,20H,3,10H2,1-2H3,(H,18,21)/b17-11-. The van der Waals surface area contributed by atoms with Crippen LogP contribution in [0.3, 0.4) is 0 Å². The number of aromatic hydroxyl groups is 1. The molecule has 2 rings (SSSR count). The Kier molecular flexibility index (Phi) is 5.19. The van der Waals surface area contributed by atoms with Gasteiger partial charge >= 0.3 is 0 Å². The Morgan fingerprint density at radius 1 is 1.45 bits per heavy atom. The molecule has 0 aliphatic rings. The van der Waals surface area contributed by atoms with E-state index in [0.29, 0.717) is 12.4 Å². The first-order chi connectivity index (χ1) is 10.6. The minimum atomic E-state index is -0.193. The Bertz CT molecular complexity index is 677. The summed E-state index contributed by atoms with van der Waals surface area (Å²) in [6.07, 6.45) is 3.66. The molecule has 1 heterocycles. The molecule has 22 heavy (non-hydrogen) atoms. The van der Waals surface area contributed by atoms with Gasteiger partial charge in [0.2, 0.25) is 5.91 Å². The lowest BCUT2D eigenvalue weighted by Gasteiger charge is -2.06. The van der Waals surface area contributed by atoms with Gasteiger partial charge in [-0.25, -0.2) is 5.43 Å². The molecule has 2 aromatic rings. The summed E-state index contributed by atoms with van der Waals surface area (Å²) in [6, 6.07) is 8.64. The van der Waals surface area contributed by atoms with Crippen molar-refractivity contribution in [2.75, 3.05) is 6.61 Å². The van der Waals surface area contributed by atoms with Crippen LogP contribution in [0.2, 0.25) is 0 Å². The number of ether oxygens (including phenoxy) is 1. The molecule has 0 atom stereocenters. The molecule has 0 unspecified atom stereocenters. The maximum absolute atomic E-state index is 11.8. The fourth-order valence-electron chi connectivity index (χ4n) is 1.95. The summed E-state index contributed by atoms with van der Waals surface area (Å²) < 4.78 is 7.17. The topological polar surface area (TPSA) is 75.8 Å². The second-order valence-corrected chi connectivity index (χ2v) is 4.74. The van der Waals surface area contributed by atoms with Crippen LogP contribution in [0.1, 0.15) is 18.2 Å². The Balaban J connectivity index is 1.93. The van der Waals surface area contributed by atoms with E-state index in [4.69, 9.17) is 4.74 Å². The van der Waals surface area contributed by atoms with Gasteiger partial charge in [0.1, 0.15) is 0 Å². The number of phenols is 1. The van der Waals surface area contributed by atoms with Crippen molar-refractivity contribution < 1.29 is 14.6 Å². The normalized spacial score (nSPS) is 10.8. The van der Waals surface area contributed by atoms with Gasteiger partial charge in [-0.3, -0.25) is 4.79 Å². The molecule has 0 saturated heterocycles. The van der Waals surface area contributed by atoms with E-state index in [1.165, 1.54) is 12.3 Å². The van der Waals surface area contributed by atoms with Crippen LogP contribution in [0.5, 0.6) is 11.5 Å². The fraction of sp³-hybridized carbons (Fsp3) is 0.250. The Morgan fingerprint density at radius 2 is 2.27 bits per heavy atom. The number of carbonyl (C=O) groups is 1. The summed E-state index contributed by atoms with van der Waals surface area (Å²) in [5, 5.41) is 13.5. The zero-order valence-electron chi connectivity index (χ0n) is 12.6. The average molecular weight is 301 g/mol. The van der Waals surface area contributed by atoms with Crippen molar-refractivity contribution in [2.24, 2.45) is 12.1 Å². The van der Waals surface area contributed by atoms with Crippen LogP contribution in [0.25, 0.3) is 0 Å². The van der Waals surface area contributed by atoms with Gasteiger partial charge in [0.15, 0.2) is 11.5 Å². The van der Waals surface area contributed by atoms with E-state index in [1.54, 1.807) is 12.1 Å². The summed E-state index contributed by atoms with van der Waals surface area (Å²) in [7, 11) is 1.89. The first-order valence-corrected chi connectivity index (χ1v) is 6.98. The molecule has 0 fully saturated rings. The molecule has 0 aliphatic heterocycles. The third-order valence-corrected chi connectivity index (χ3v) is 3.08. The number of hydrogen-bond donors (Lipinski definition) is 2. The van der Waals surface area contributed by atoms with Crippen LogP contribution in [0.15, 0.2) is 41.6 Å². The first-order valence-electron chi connectivity index (χ1n) is 6.98. The van der Waals surface area contributed by atoms with Gasteiger partial charge in [0.25, 0.3) is 0 Å². The minimum absolute atomic E-state index is 0.0757. The van der Waals surface area contributed by atoms with E-state index in [2.05, 4.69) is 10.5 Å².